The molecule has 88 valence electrons. The average Bonchev–Trinajstić information content (AvgIpc) is 2.25. The molecule has 2 rings (SSSR count). The van der Waals surface area contributed by atoms with Gasteiger partial charge in [-0.3, -0.25) is 5.43 Å². The van der Waals surface area contributed by atoms with E-state index >= 15 is 0 Å². The maximum atomic E-state index is 5.36. The van der Waals surface area contributed by atoms with Crippen LogP contribution in [0.4, 0.5) is 0 Å². The number of nitrogens with zero attached hydrogens (tertiary/aromatic N) is 1. The van der Waals surface area contributed by atoms with E-state index in [1.54, 1.807) is 0 Å². The Morgan fingerprint density at radius 3 is 2.27 bits per heavy atom. The highest BCUT2D eigenvalue weighted by Crippen LogP contribution is 2.28. The van der Waals surface area contributed by atoms with Gasteiger partial charge < -0.3 is 4.74 Å². The summed E-state index contributed by atoms with van der Waals surface area (Å²) in [6.07, 6.45) is 4.17. The molecule has 3 nitrogen and oxygen atoms in total. The van der Waals surface area contributed by atoms with Crippen molar-refractivity contribution in [2.75, 3.05) is 26.3 Å². The third-order valence-corrected chi connectivity index (χ3v) is 3.89. The summed E-state index contributed by atoms with van der Waals surface area (Å²) in [5, 5.41) is 2.35. The van der Waals surface area contributed by atoms with Gasteiger partial charge in [-0.25, -0.2) is 5.01 Å². The van der Waals surface area contributed by atoms with E-state index in [0.29, 0.717) is 6.04 Å². The van der Waals surface area contributed by atoms with Gasteiger partial charge in [0, 0.05) is 19.1 Å². The zero-order valence-corrected chi connectivity index (χ0v) is 10.0. The Kier molecular flexibility index (Phi) is 4.00. The molecule has 0 bridgehead atoms. The minimum Gasteiger partial charge on any atom is -0.379 e. The van der Waals surface area contributed by atoms with E-state index in [1.807, 2.05) is 0 Å². The second kappa shape index (κ2) is 5.28. The lowest BCUT2D eigenvalue weighted by Crippen LogP contribution is -2.54. The van der Waals surface area contributed by atoms with E-state index in [4.69, 9.17) is 4.74 Å². The third kappa shape index (κ3) is 2.92. The molecular formula is C12H24N2O. The molecule has 3 heteroatoms. The van der Waals surface area contributed by atoms with Gasteiger partial charge >= 0.3 is 0 Å². The molecule has 2 unspecified atom stereocenters. The summed E-state index contributed by atoms with van der Waals surface area (Å²) in [6, 6.07) is 0.678. The topological polar surface area (TPSA) is 24.5 Å². The molecule has 2 aliphatic rings. The van der Waals surface area contributed by atoms with Crippen molar-refractivity contribution in [2.45, 2.75) is 39.2 Å². The average molecular weight is 212 g/mol. The molecule has 0 aromatic heterocycles. The van der Waals surface area contributed by atoms with Crippen molar-refractivity contribution >= 4 is 0 Å². The molecule has 0 amide bonds. The van der Waals surface area contributed by atoms with E-state index in [-0.39, 0.29) is 0 Å². The smallest absolute Gasteiger partial charge is 0.0608 e. The van der Waals surface area contributed by atoms with E-state index in [1.165, 1.54) is 19.3 Å². The number of morpholine rings is 1. The van der Waals surface area contributed by atoms with Crippen LogP contribution in [0, 0.1) is 11.8 Å². The molecular weight excluding hydrogens is 188 g/mol. The van der Waals surface area contributed by atoms with Gasteiger partial charge in [-0.2, -0.15) is 0 Å². The SMILES string of the molecule is CC1CCCC(C)C1NN1CCOCC1. The van der Waals surface area contributed by atoms with Crippen LogP contribution in [0.1, 0.15) is 33.1 Å². The molecule has 2 fully saturated rings. The highest BCUT2D eigenvalue weighted by atomic mass is 16.5. The lowest BCUT2D eigenvalue weighted by Gasteiger charge is -2.40. The zero-order valence-electron chi connectivity index (χ0n) is 10.0. The van der Waals surface area contributed by atoms with Crippen molar-refractivity contribution in [1.29, 1.82) is 0 Å². The Morgan fingerprint density at radius 2 is 1.67 bits per heavy atom. The molecule has 1 saturated heterocycles. The van der Waals surface area contributed by atoms with Crippen LogP contribution in [0.5, 0.6) is 0 Å². The fourth-order valence-electron chi connectivity index (χ4n) is 2.84. The van der Waals surface area contributed by atoms with Gasteiger partial charge in [0.25, 0.3) is 0 Å². The Balaban J connectivity index is 1.84. The van der Waals surface area contributed by atoms with Crippen LogP contribution >= 0.6 is 0 Å². The predicted octanol–water partition coefficient (Wildman–Crippen LogP) is 1.65. The van der Waals surface area contributed by atoms with Gasteiger partial charge in [-0.15, -0.1) is 0 Å². The number of rotatable bonds is 2. The summed E-state index contributed by atoms with van der Waals surface area (Å²) >= 11 is 0. The number of hydrazine groups is 1. The molecule has 0 aromatic rings. The monoisotopic (exact) mass is 212 g/mol. The van der Waals surface area contributed by atoms with Crippen LogP contribution in [0.25, 0.3) is 0 Å². The van der Waals surface area contributed by atoms with Gasteiger partial charge in [0.15, 0.2) is 0 Å². The van der Waals surface area contributed by atoms with Crippen molar-refractivity contribution in [3.8, 4) is 0 Å². The molecule has 0 radical (unpaired) electrons. The largest absolute Gasteiger partial charge is 0.379 e. The van der Waals surface area contributed by atoms with Crippen molar-refractivity contribution in [2.24, 2.45) is 11.8 Å². The fraction of sp³-hybridized carbons (Fsp3) is 1.00. The van der Waals surface area contributed by atoms with Crippen LogP contribution in [-0.2, 0) is 4.74 Å². The second-order valence-electron chi connectivity index (χ2n) is 5.14. The molecule has 0 spiro atoms. The maximum Gasteiger partial charge on any atom is 0.0608 e. The van der Waals surface area contributed by atoms with Crippen molar-refractivity contribution in [1.82, 2.24) is 10.4 Å². The first-order valence-electron chi connectivity index (χ1n) is 6.36. The van der Waals surface area contributed by atoms with Crippen molar-refractivity contribution in [3.63, 3.8) is 0 Å². The summed E-state index contributed by atoms with van der Waals surface area (Å²) in [7, 11) is 0. The fourth-order valence-corrected chi connectivity index (χ4v) is 2.84. The van der Waals surface area contributed by atoms with Gasteiger partial charge in [-0.1, -0.05) is 20.3 Å². The third-order valence-electron chi connectivity index (χ3n) is 3.89. The molecule has 0 aromatic carbocycles. The molecule has 2 atom stereocenters. The Labute approximate surface area is 93.1 Å². The minimum absolute atomic E-state index is 0.678. The lowest BCUT2D eigenvalue weighted by atomic mass is 9.79. The van der Waals surface area contributed by atoms with Crippen LogP contribution in [0.2, 0.25) is 0 Å². The summed E-state index contributed by atoms with van der Waals surface area (Å²) in [6.45, 7) is 8.60. The van der Waals surface area contributed by atoms with Gasteiger partial charge in [0.2, 0.25) is 0 Å². The van der Waals surface area contributed by atoms with Gasteiger partial charge in [0.05, 0.1) is 13.2 Å². The molecule has 1 N–H and O–H groups in total. The highest BCUT2D eigenvalue weighted by Gasteiger charge is 2.29. The quantitative estimate of drug-likeness (QED) is 0.753. The van der Waals surface area contributed by atoms with Crippen LogP contribution < -0.4 is 5.43 Å². The standard InChI is InChI=1S/C12H24N2O/c1-10-4-3-5-11(2)12(10)13-14-6-8-15-9-7-14/h10-13H,3-9H2,1-2H3. The molecule has 1 aliphatic heterocycles. The summed E-state index contributed by atoms with van der Waals surface area (Å²) in [4.78, 5) is 0. The van der Waals surface area contributed by atoms with Crippen molar-refractivity contribution in [3.05, 3.63) is 0 Å². The Morgan fingerprint density at radius 1 is 1.07 bits per heavy atom. The number of ether oxygens (including phenoxy) is 1. The van der Waals surface area contributed by atoms with E-state index < -0.39 is 0 Å². The molecule has 1 heterocycles. The van der Waals surface area contributed by atoms with E-state index in [2.05, 4.69) is 24.3 Å². The zero-order chi connectivity index (χ0) is 10.7. The highest BCUT2D eigenvalue weighted by molar-refractivity contribution is 4.82. The predicted molar refractivity (Wildman–Crippen MR) is 61.5 cm³/mol. The first-order chi connectivity index (χ1) is 7.27. The number of hydrogen-bond donors (Lipinski definition) is 1. The van der Waals surface area contributed by atoms with Crippen LogP contribution in [-0.4, -0.2) is 37.4 Å². The first-order valence-corrected chi connectivity index (χ1v) is 6.36. The Hall–Kier alpha value is -0.120. The van der Waals surface area contributed by atoms with E-state index in [0.717, 1.165) is 38.1 Å². The normalized spacial score (nSPS) is 39.2. The molecule has 15 heavy (non-hydrogen) atoms. The minimum atomic E-state index is 0.678. The molecule has 1 aliphatic carbocycles. The summed E-state index contributed by atoms with van der Waals surface area (Å²) in [5.41, 5.74) is 3.71. The first kappa shape index (κ1) is 11.4. The van der Waals surface area contributed by atoms with Crippen LogP contribution in [0.3, 0.4) is 0 Å². The van der Waals surface area contributed by atoms with Gasteiger partial charge in [0.1, 0.15) is 0 Å². The van der Waals surface area contributed by atoms with Crippen molar-refractivity contribution < 1.29 is 4.74 Å². The number of hydrogen-bond acceptors (Lipinski definition) is 3. The second-order valence-corrected chi connectivity index (χ2v) is 5.14. The Bertz CT molecular complexity index is 182. The number of nitrogens with one attached hydrogen (secondary N) is 1. The maximum absolute atomic E-state index is 5.36. The van der Waals surface area contributed by atoms with E-state index in [9.17, 15) is 0 Å². The van der Waals surface area contributed by atoms with Gasteiger partial charge in [-0.05, 0) is 24.7 Å². The lowest BCUT2D eigenvalue weighted by molar-refractivity contribution is -0.0126. The summed E-state index contributed by atoms with van der Waals surface area (Å²) < 4.78 is 5.36. The summed E-state index contributed by atoms with van der Waals surface area (Å²) in [5.74, 6) is 1.63. The van der Waals surface area contributed by atoms with Crippen LogP contribution in [0.15, 0.2) is 0 Å². The molecule has 1 saturated carbocycles.